The van der Waals surface area contributed by atoms with Crippen molar-refractivity contribution in [1.29, 1.82) is 0 Å². The number of carbonyl (C=O) groups excluding carboxylic acids is 1. The SMILES string of the molecule is CC(C)(C)c1ccc(NC(=O)C2CNc3ccc(F)cc3O2)cc1O. The Morgan fingerprint density at radius 2 is 2.04 bits per heavy atom. The molecule has 6 heteroatoms. The maximum absolute atomic E-state index is 13.3. The monoisotopic (exact) mass is 344 g/mol. The number of hydrogen-bond acceptors (Lipinski definition) is 4. The lowest BCUT2D eigenvalue weighted by molar-refractivity contribution is -0.122. The average Bonchev–Trinajstić information content (AvgIpc) is 2.52. The Bertz CT molecular complexity index is 815. The lowest BCUT2D eigenvalue weighted by atomic mass is 9.86. The summed E-state index contributed by atoms with van der Waals surface area (Å²) in [5, 5.41) is 15.9. The van der Waals surface area contributed by atoms with Crippen molar-refractivity contribution in [2.45, 2.75) is 32.3 Å². The first-order chi connectivity index (χ1) is 11.7. The highest BCUT2D eigenvalue weighted by molar-refractivity contribution is 5.95. The molecule has 25 heavy (non-hydrogen) atoms. The number of benzene rings is 2. The van der Waals surface area contributed by atoms with E-state index in [1.807, 2.05) is 20.8 Å². The van der Waals surface area contributed by atoms with Gasteiger partial charge in [0.05, 0.1) is 12.2 Å². The van der Waals surface area contributed by atoms with Crippen LogP contribution in [0.4, 0.5) is 15.8 Å². The van der Waals surface area contributed by atoms with Crippen molar-refractivity contribution >= 4 is 17.3 Å². The molecule has 5 nitrogen and oxygen atoms in total. The molecule has 1 unspecified atom stereocenters. The van der Waals surface area contributed by atoms with E-state index in [1.165, 1.54) is 18.2 Å². The quantitative estimate of drug-likeness (QED) is 0.778. The molecule has 0 aromatic heterocycles. The molecule has 2 aromatic carbocycles. The number of amides is 1. The molecule has 0 saturated heterocycles. The van der Waals surface area contributed by atoms with E-state index in [2.05, 4.69) is 10.6 Å². The largest absolute Gasteiger partial charge is 0.508 e. The first kappa shape index (κ1) is 17.1. The van der Waals surface area contributed by atoms with Gasteiger partial charge in [0.1, 0.15) is 17.3 Å². The van der Waals surface area contributed by atoms with E-state index in [0.717, 1.165) is 5.56 Å². The van der Waals surface area contributed by atoms with Crippen molar-refractivity contribution < 1.29 is 19.0 Å². The summed E-state index contributed by atoms with van der Waals surface area (Å²) in [6, 6.07) is 9.18. The summed E-state index contributed by atoms with van der Waals surface area (Å²) in [7, 11) is 0. The minimum Gasteiger partial charge on any atom is -0.508 e. The minimum absolute atomic E-state index is 0.125. The first-order valence-corrected chi connectivity index (χ1v) is 8.08. The van der Waals surface area contributed by atoms with Crippen LogP contribution in [0.2, 0.25) is 0 Å². The number of fused-ring (bicyclic) bond motifs is 1. The fourth-order valence-electron chi connectivity index (χ4n) is 2.75. The molecule has 0 bridgehead atoms. The molecule has 132 valence electrons. The summed E-state index contributed by atoms with van der Waals surface area (Å²) in [6.07, 6.45) is -0.793. The molecule has 0 saturated carbocycles. The second kappa shape index (κ2) is 6.27. The summed E-state index contributed by atoms with van der Waals surface area (Å²) < 4.78 is 18.9. The molecule has 0 aliphatic carbocycles. The highest BCUT2D eigenvalue weighted by Crippen LogP contribution is 2.33. The summed E-state index contributed by atoms with van der Waals surface area (Å²) in [4.78, 5) is 12.4. The first-order valence-electron chi connectivity index (χ1n) is 8.08. The third-order valence-electron chi connectivity index (χ3n) is 4.06. The van der Waals surface area contributed by atoms with Gasteiger partial charge in [-0.05, 0) is 29.2 Å². The maximum Gasteiger partial charge on any atom is 0.267 e. The van der Waals surface area contributed by atoms with Crippen LogP contribution in [0.25, 0.3) is 0 Å². The third kappa shape index (κ3) is 3.68. The highest BCUT2D eigenvalue weighted by atomic mass is 19.1. The van der Waals surface area contributed by atoms with Gasteiger partial charge in [-0.3, -0.25) is 4.79 Å². The van der Waals surface area contributed by atoms with Crippen LogP contribution in [-0.4, -0.2) is 23.7 Å². The Morgan fingerprint density at radius 3 is 2.72 bits per heavy atom. The van der Waals surface area contributed by atoms with Crippen molar-refractivity contribution in [3.63, 3.8) is 0 Å². The molecule has 1 amide bonds. The van der Waals surface area contributed by atoms with Crippen molar-refractivity contribution in [2.24, 2.45) is 0 Å². The normalized spacial score (nSPS) is 16.4. The average molecular weight is 344 g/mol. The van der Waals surface area contributed by atoms with Gasteiger partial charge in [0.2, 0.25) is 0 Å². The van der Waals surface area contributed by atoms with Crippen LogP contribution in [0, 0.1) is 5.82 Å². The van der Waals surface area contributed by atoms with Gasteiger partial charge < -0.3 is 20.5 Å². The van der Waals surface area contributed by atoms with E-state index in [1.54, 1.807) is 18.2 Å². The van der Waals surface area contributed by atoms with Gasteiger partial charge in [-0.1, -0.05) is 26.8 Å². The molecule has 2 aromatic rings. The lowest BCUT2D eigenvalue weighted by Gasteiger charge is -2.26. The number of rotatable bonds is 2. The number of phenols is 1. The van der Waals surface area contributed by atoms with Gasteiger partial charge in [0, 0.05) is 17.8 Å². The van der Waals surface area contributed by atoms with Crippen molar-refractivity contribution in [2.75, 3.05) is 17.2 Å². The Kier molecular flexibility index (Phi) is 4.29. The topological polar surface area (TPSA) is 70.6 Å². The number of halogens is 1. The summed E-state index contributed by atoms with van der Waals surface area (Å²) in [5.74, 6) is -0.368. The standard InChI is InChI=1S/C19H21FN2O3/c1-19(2,3)13-6-5-12(9-15(13)23)22-18(24)17-10-21-14-7-4-11(20)8-16(14)25-17/h4-9,17,21,23H,10H2,1-3H3,(H,22,24). The van der Waals surface area contributed by atoms with E-state index in [-0.39, 0.29) is 23.6 Å². The molecule has 1 atom stereocenters. The number of hydrogen-bond donors (Lipinski definition) is 3. The van der Waals surface area contributed by atoms with Crippen molar-refractivity contribution in [1.82, 2.24) is 0 Å². The summed E-state index contributed by atoms with van der Waals surface area (Å²) >= 11 is 0. The second-order valence-electron chi connectivity index (χ2n) is 7.10. The zero-order valence-corrected chi connectivity index (χ0v) is 14.4. The fourth-order valence-corrected chi connectivity index (χ4v) is 2.75. The Morgan fingerprint density at radius 1 is 1.28 bits per heavy atom. The lowest BCUT2D eigenvalue weighted by Crippen LogP contribution is -2.41. The fraction of sp³-hybridized carbons (Fsp3) is 0.316. The highest BCUT2D eigenvalue weighted by Gasteiger charge is 2.27. The van der Waals surface area contributed by atoms with E-state index in [0.29, 0.717) is 17.1 Å². The zero-order valence-electron chi connectivity index (χ0n) is 14.4. The second-order valence-corrected chi connectivity index (χ2v) is 7.10. The number of ether oxygens (including phenoxy) is 1. The van der Waals surface area contributed by atoms with Gasteiger partial charge in [-0.25, -0.2) is 4.39 Å². The van der Waals surface area contributed by atoms with Crippen LogP contribution < -0.4 is 15.4 Å². The molecular formula is C19H21FN2O3. The van der Waals surface area contributed by atoms with Crippen LogP contribution in [0.5, 0.6) is 11.5 Å². The van der Waals surface area contributed by atoms with Crippen molar-refractivity contribution in [3.8, 4) is 11.5 Å². The molecule has 0 radical (unpaired) electrons. The predicted octanol–water partition coefficient (Wildman–Crippen LogP) is 3.64. The van der Waals surface area contributed by atoms with Gasteiger partial charge >= 0.3 is 0 Å². The van der Waals surface area contributed by atoms with Crippen LogP contribution in [0.1, 0.15) is 26.3 Å². The number of nitrogens with one attached hydrogen (secondary N) is 2. The van der Waals surface area contributed by atoms with Crippen LogP contribution in [-0.2, 0) is 10.2 Å². The molecular weight excluding hydrogens is 323 g/mol. The van der Waals surface area contributed by atoms with Gasteiger partial charge in [-0.2, -0.15) is 0 Å². The number of carbonyl (C=O) groups is 1. The Hall–Kier alpha value is -2.76. The molecule has 1 heterocycles. The number of phenolic OH excluding ortho intramolecular Hbond substituents is 1. The molecule has 3 N–H and O–H groups in total. The number of anilines is 2. The predicted molar refractivity (Wildman–Crippen MR) is 94.7 cm³/mol. The molecule has 3 rings (SSSR count). The molecule has 0 fully saturated rings. The molecule has 0 spiro atoms. The van der Waals surface area contributed by atoms with Gasteiger partial charge in [0.15, 0.2) is 6.10 Å². The Balaban J connectivity index is 1.72. The van der Waals surface area contributed by atoms with Gasteiger partial charge in [0.25, 0.3) is 5.91 Å². The molecule has 1 aliphatic heterocycles. The number of aromatic hydroxyl groups is 1. The third-order valence-corrected chi connectivity index (χ3v) is 4.06. The van der Waals surface area contributed by atoms with E-state index >= 15 is 0 Å². The maximum atomic E-state index is 13.3. The van der Waals surface area contributed by atoms with E-state index in [9.17, 15) is 14.3 Å². The van der Waals surface area contributed by atoms with Crippen LogP contribution >= 0.6 is 0 Å². The molecule has 1 aliphatic rings. The minimum atomic E-state index is -0.793. The van der Waals surface area contributed by atoms with E-state index in [4.69, 9.17) is 4.74 Å². The van der Waals surface area contributed by atoms with Gasteiger partial charge in [-0.15, -0.1) is 0 Å². The van der Waals surface area contributed by atoms with E-state index < -0.39 is 11.9 Å². The summed E-state index contributed by atoms with van der Waals surface area (Å²) in [5.41, 5.74) is 1.73. The van der Waals surface area contributed by atoms with Crippen LogP contribution in [0.3, 0.4) is 0 Å². The van der Waals surface area contributed by atoms with Crippen LogP contribution in [0.15, 0.2) is 36.4 Å². The smallest absolute Gasteiger partial charge is 0.267 e. The van der Waals surface area contributed by atoms with Crippen molar-refractivity contribution in [3.05, 3.63) is 47.8 Å². The Labute approximate surface area is 145 Å². The summed E-state index contributed by atoms with van der Waals surface area (Å²) in [6.45, 7) is 6.27. The zero-order chi connectivity index (χ0) is 18.2.